The molecule has 0 bridgehead atoms. The summed E-state index contributed by atoms with van der Waals surface area (Å²) in [5.74, 6) is -0.0250. The van der Waals surface area contributed by atoms with Crippen molar-refractivity contribution in [1.29, 1.82) is 0 Å². The number of nitrogens with zero attached hydrogens (tertiary/aromatic N) is 4. The number of aromatic nitrogens is 2. The summed E-state index contributed by atoms with van der Waals surface area (Å²) in [6.07, 6.45) is 4.50. The zero-order valence-corrected chi connectivity index (χ0v) is 21.6. The van der Waals surface area contributed by atoms with E-state index in [0.29, 0.717) is 48.2 Å². The van der Waals surface area contributed by atoms with Gasteiger partial charge in [0.05, 0.1) is 34.8 Å². The Labute approximate surface area is 215 Å². The van der Waals surface area contributed by atoms with E-state index in [9.17, 15) is 14.4 Å². The van der Waals surface area contributed by atoms with Crippen molar-refractivity contribution in [3.05, 3.63) is 59.3 Å². The Balaban J connectivity index is 1.48. The van der Waals surface area contributed by atoms with Crippen LogP contribution in [0, 0.1) is 6.92 Å². The predicted molar refractivity (Wildman–Crippen MR) is 137 cm³/mol. The lowest BCUT2D eigenvalue weighted by Crippen LogP contribution is -2.50. The molecule has 0 unspecified atom stereocenters. The Hall–Kier alpha value is -3.22. The molecule has 35 heavy (non-hydrogen) atoms. The summed E-state index contributed by atoms with van der Waals surface area (Å²) in [6.45, 7) is 7.28. The molecule has 3 amide bonds. The highest BCUT2D eigenvalue weighted by Crippen LogP contribution is 2.38. The fourth-order valence-corrected chi connectivity index (χ4v) is 5.95. The number of amides is 3. The number of carbonyl (C=O) groups excluding carboxylic acids is 3. The minimum Gasteiger partial charge on any atom is -0.496 e. The molecule has 0 radical (unpaired) electrons. The van der Waals surface area contributed by atoms with Crippen LogP contribution in [0.15, 0.2) is 51.7 Å². The maximum Gasteiger partial charge on any atom is 0.259 e. The van der Waals surface area contributed by atoms with Gasteiger partial charge in [-0.15, -0.1) is 0 Å². The van der Waals surface area contributed by atoms with Crippen molar-refractivity contribution in [3.63, 3.8) is 0 Å². The molecule has 182 valence electrons. The quantitative estimate of drug-likeness (QED) is 0.464. The van der Waals surface area contributed by atoms with Crippen LogP contribution < -0.4 is 10.1 Å². The Kier molecular flexibility index (Phi) is 7.83. The third-order valence-corrected chi connectivity index (χ3v) is 8.15. The Morgan fingerprint density at radius 3 is 2.57 bits per heavy atom. The number of thiazole rings is 1. The van der Waals surface area contributed by atoms with Crippen LogP contribution in [0.5, 0.6) is 5.75 Å². The van der Waals surface area contributed by atoms with E-state index in [1.807, 2.05) is 19.1 Å². The van der Waals surface area contributed by atoms with Gasteiger partial charge in [0.2, 0.25) is 5.91 Å². The van der Waals surface area contributed by atoms with Gasteiger partial charge in [0, 0.05) is 36.5 Å². The summed E-state index contributed by atoms with van der Waals surface area (Å²) in [6, 6.07) is 3.68. The molecular weight excluding hydrogens is 506 g/mol. The van der Waals surface area contributed by atoms with E-state index in [2.05, 4.69) is 21.3 Å². The molecule has 1 aromatic carbocycles. The van der Waals surface area contributed by atoms with Crippen LogP contribution in [-0.2, 0) is 4.79 Å². The monoisotopic (exact) mass is 529 g/mol. The Bertz CT molecular complexity index is 1250. The molecule has 3 heterocycles. The number of aryl methyl sites for hydroxylation is 1. The van der Waals surface area contributed by atoms with Gasteiger partial charge in [-0.1, -0.05) is 29.7 Å². The molecular formula is C23H23N5O4S3. The lowest BCUT2D eigenvalue weighted by Gasteiger charge is -2.34. The Morgan fingerprint density at radius 1 is 1.17 bits per heavy atom. The lowest BCUT2D eigenvalue weighted by molar-refractivity contribution is -0.127. The van der Waals surface area contributed by atoms with Gasteiger partial charge in [-0.25, -0.2) is 9.36 Å². The van der Waals surface area contributed by atoms with E-state index in [-0.39, 0.29) is 17.7 Å². The number of rotatable bonds is 7. The standard InChI is InChI=1S/C23H23N5O4S3/c1-4-19(29)27-5-7-28(8-6-27)22(31)16-10-18(14(2)9-17(16)32-3)34-20-12-24-23(35-20)26-21(30)15-11-25-33-13-15/h4,9-13H,1,5-8H2,2-3H3,(H,24,26,30). The second kappa shape index (κ2) is 11.0. The number of ether oxygens (including phenoxy) is 1. The van der Waals surface area contributed by atoms with Crippen molar-refractivity contribution in [2.45, 2.75) is 16.0 Å². The van der Waals surface area contributed by atoms with Crippen LogP contribution in [0.3, 0.4) is 0 Å². The number of anilines is 1. The molecule has 1 aliphatic rings. The van der Waals surface area contributed by atoms with E-state index >= 15 is 0 Å². The summed E-state index contributed by atoms with van der Waals surface area (Å²) in [5, 5.41) is 4.94. The number of carbonyl (C=O) groups is 3. The van der Waals surface area contributed by atoms with Crippen molar-refractivity contribution in [2.24, 2.45) is 0 Å². The summed E-state index contributed by atoms with van der Waals surface area (Å²) in [4.78, 5) is 46.0. The van der Waals surface area contributed by atoms with Crippen molar-refractivity contribution in [1.82, 2.24) is 19.2 Å². The molecule has 12 heteroatoms. The molecule has 0 spiro atoms. The van der Waals surface area contributed by atoms with Gasteiger partial charge in [-0.3, -0.25) is 19.7 Å². The fourth-order valence-electron chi connectivity index (χ4n) is 3.50. The molecule has 1 saturated heterocycles. The minimum absolute atomic E-state index is 0.129. The average molecular weight is 530 g/mol. The highest BCUT2D eigenvalue weighted by Gasteiger charge is 2.26. The van der Waals surface area contributed by atoms with Gasteiger partial charge in [-0.05, 0) is 42.2 Å². The van der Waals surface area contributed by atoms with Gasteiger partial charge in [-0.2, -0.15) is 0 Å². The molecule has 4 rings (SSSR count). The van der Waals surface area contributed by atoms with Crippen molar-refractivity contribution in [3.8, 4) is 5.75 Å². The molecule has 0 aliphatic carbocycles. The van der Waals surface area contributed by atoms with Gasteiger partial charge >= 0.3 is 0 Å². The average Bonchev–Trinajstić information content (AvgIpc) is 3.57. The SMILES string of the molecule is C=CC(=O)N1CCN(C(=O)c2cc(Sc3cnc(NC(=O)c4cnsc4)s3)c(C)cc2OC)CC1. The van der Waals surface area contributed by atoms with Gasteiger partial charge in [0.1, 0.15) is 5.75 Å². The zero-order valence-electron chi connectivity index (χ0n) is 19.1. The lowest BCUT2D eigenvalue weighted by atomic mass is 10.1. The minimum atomic E-state index is -0.256. The molecule has 9 nitrogen and oxygen atoms in total. The van der Waals surface area contributed by atoms with Crippen LogP contribution in [0.2, 0.25) is 0 Å². The maximum absolute atomic E-state index is 13.3. The van der Waals surface area contributed by atoms with Crippen LogP contribution in [0.25, 0.3) is 0 Å². The third kappa shape index (κ3) is 5.72. The van der Waals surface area contributed by atoms with Gasteiger partial charge < -0.3 is 14.5 Å². The number of nitrogens with one attached hydrogen (secondary N) is 1. The van der Waals surface area contributed by atoms with Crippen molar-refractivity contribution >= 4 is 57.5 Å². The van der Waals surface area contributed by atoms with E-state index in [4.69, 9.17) is 4.74 Å². The first-order chi connectivity index (χ1) is 16.9. The summed E-state index contributed by atoms with van der Waals surface area (Å²) in [5.41, 5.74) is 1.91. The highest BCUT2D eigenvalue weighted by atomic mass is 32.2. The third-order valence-electron chi connectivity index (χ3n) is 5.39. The number of hydrogen-bond acceptors (Lipinski definition) is 9. The van der Waals surface area contributed by atoms with Gasteiger partial charge in [0.25, 0.3) is 11.8 Å². The van der Waals surface area contributed by atoms with Crippen LogP contribution >= 0.6 is 34.6 Å². The van der Waals surface area contributed by atoms with Crippen LogP contribution in [-0.4, -0.2) is 70.2 Å². The molecule has 1 fully saturated rings. The molecule has 0 saturated carbocycles. The maximum atomic E-state index is 13.3. The summed E-state index contributed by atoms with van der Waals surface area (Å²) in [7, 11) is 1.54. The van der Waals surface area contributed by atoms with Crippen molar-refractivity contribution < 1.29 is 19.1 Å². The summed E-state index contributed by atoms with van der Waals surface area (Å²) >= 11 is 4.03. The predicted octanol–water partition coefficient (Wildman–Crippen LogP) is 3.79. The zero-order chi connectivity index (χ0) is 24.9. The topological polar surface area (TPSA) is 105 Å². The van der Waals surface area contributed by atoms with Crippen molar-refractivity contribution in [2.75, 3.05) is 38.6 Å². The first-order valence-corrected chi connectivity index (χ1v) is 13.1. The van der Waals surface area contributed by atoms with E-state index in [1.165, 1.54) is 46.9 Å². The number of benzene rings is 1. The second-order valence-electron chi connectivity index (χ2n) is 7.59. The van der Waals surface area contributed by atoms with E-state index in [1.54, 1.807) is 28.5 Å². The number of hydrogen-bond donors (Lipinski definition) is 1. The molecule has 0 atom stereocenters. The fraction of sp³-hybridized carbons (Fsp3) is 0.261. The molecule has 2 aromatic heterocycles. The first kappa shape index (κ1) is 24.9. The van der Waals surface area contributed by atoms with Gasteiger partial charge in [0.15, 0.2) is 5.13 Å². The second-order valence-corrected chi connectivity index (χ2v) is 10.6. The molecule has 3 aromatic rings. The normalized spacial score (nSPS) is 13.4. The smallest absolute Gasteiger partial charge is 0.259 e. The number of piperazine rings is 1. The van der Waals surface area contributed by atoms with Crippen LogP contribution in [0.4, 0.5) is 5.13 Å². The Morgan fingerprint density at radius 2 is 1.91 bits per heavy atom. The molecule has 1 aliphatic heterocycles. The largest absolute Gasteiger partial charge is 0.496 e. The van der Waals surface area contributed by atoms with Crippen LogP contribution in [0.1, 0.15) is 26.3 Å². The van der Waals surface area contributed by atoms with E-state index < -0.39 is 0 Å². The van der Waals surface area contributed by atoms with E-state index in [0.717, 1.165) is 14.7 Å². The first-order valence-electron chi connectivity index (χ1n) is 10.6. The molecule has 1 N–H and O–H groups in total. The number of methoxy groups -OCH3 is 1. The summed E-state index contributed by atoms with van der Waals surface area (Å²) < 4.78 is 10.3. The highest BCUT2D eigenvalue weighted by molar-refractivity contribution is 8.01.